The van der Waals surface area contributed by atoms with E-state index in [4.69, 9.17) is 9.47 Å². The zero-order valence-corrected chi connectivity index (χ0v) is 7.63. The van der Waals surface area contributed by atoms with E-state index in [1.165, 1.54) is 32.1 Å². The molecule has 2 rings (SSSR count). The SMILES string of the molecule is C1CCC(CC2OCCO2)CC1. The minimum absolute atomic E-state index is 0.132. The quantitative estimate of drug-likeness (QED) is 0.633. The van der Waals surface area contributed by atoms with Gasteiger partial charge in [0.1, 0.15) is 0 Å². The summed E-state index contributed by atoms with van der Waals surface area (Å²) in [6.07, 6.45) is 8.32. The summed E-state index contributed by atoms with van der Waals surface area (Å²) in [6.45, 7) is 1.61. The zero-order chi connectivity index (χ0) is 8.23. The van der Waals surface area contributed by atoms with Crippen LogP contribution in [0.2, 0.25) is 0 Å². The molecule has 2 fully saturated rings. The van der Waals surface area contributed by atoms with Gasteiger partial charge in [-0.15, -0.1) is 0 Å². The third-order valence-electron chi connectivity index (χ3n) is 2.94. The highest BCUT2D eigenvalue weighted by atomic mass is 16.7. The van der Waals surface area contributed by atoms with E-state index < -0.39 is 0 Å². The molecule has 0 unspecified atom stereocenters. The second-order valence-electron chi connectivity index (χ2n) is 3.91. The lowest BCUT2D eigenvalue weighted by molar-refractivity contribution is -0.0596. The van der Waals surface area contributed by atoms with Gasteiger partial charge in [0, 0.05) is 6.42 Å². The Morgan fingerprint density at radius 1 is 0.917 bits per heavy atom. The van der Waals surface area contributed by atoms with Crippen molar-refractivity contribution in [1.29, 1.82) is 0 Å². The average Bonchev–Trinajstić information content (AvgIpc) is 2.59. The van der Waals surface area contributed by atoms with Gasteiger partial charge in [0.15, 0.2) is 6.29 Å². The molecule has 0 atom stereocenters. The van der Waals surface area contributed by atoms with E-state index in [-0.39, 0.29) is 6.29 Å². The molecule has 0 bridgehead atoms. The number of rotatable bonds is 2. The van der Waals surface area contributed by atoms with Crippen LogP contribution in [0.3, 0.4) is 0 Å². The Labute approximate surface area is 74.2 Å². The fraction of sp³-hybridized carbons (Fsp3) is 1.00. The van der Waals surface area contributed by atoms with Gasteiger partial charge in [0.2, 0.25) is 0 Å². The van der Waals surface area contributed by atoms with E-state index in [9.17, 15) is 0 Å². The predicted octanol–water partition coefficient (Wildman–Crippen LogP) is 2.33. The zero-order valence-electron chi connectivity index (χ0n) is 7.63. The summed E-state index contributed by atoms with van der Waals surface area (Å²) in [5, 5.41) is 0. The lowest BCUT2D eigenvalue weighted by Gasteiger charge is -2.23. The molecule has 1 heterocycles. The van der Waals surface area contributed by atoms with Gasteiger partial charge < -0.3 is 9.47 Å². The molecular weight excluding hydrogens is 152 g/mol. The van der Waals surface area contributed by atoms with Gasteiger partial charge in [-0.2, -0.15) is 0 Å². The van der Waals surface area contributed by atoms with Crippen LogP contribution in [0.5, 0.6) is 0 Å². The van der Waals surface area contributed by atoms with Crippen molar-refractivity contribution in [2.24, 2.45) is 5.92 Å². The van der Waals surface area contributed by atoms with Crippen molar-refractivity contribution in [3.05, 3.63) is 0 Å². The highest BCUT2D eigenvalue weighted by molar-refractivity contribution is 4.68. The van der Waals surface area contributed by atoms with Crippen LogP contribution in [0.1, 0.15) is 38.5 Å². The second kappa shape index (κ2) is 4.24. The van der Waals surface area contributed by atoms with Gasteiger partial charge in [-0.1, -0.05) is 32.1 Å². The molecule has 2 heteroatoms. The van der Waals surface area contributed by atoms with Crippen molar-refractivity contribution in [2.75, 3.05) is 13.2 Å². The Bertz CT molecular complexity index is 124. The first-order chi connectivity index (χ1) is 5.95. The van der Waals surface area contributed by atoms with Crippen LogP contribution in [0.15, 0.2) is 0 Å². The van der Waals surface area contributed by atoms with Crippen molar-refractivity contribution in [2.45, 2.75) is 44.8 Å². The fourth-order valence-electron chi connectivity index (χ4n) is 2.24. The lowest BCUT2D eigenvalue weighted by Crippen LogP contribution is -2.16. The highest BCUT2D eigenvalue weighted by Gasteiger charge is 2.22. The van der Waals surface area contributed by atoms with Crippen LogP contribution in [-0.2, 0) is 9.47 Å². The molecule has 1 saturated carbocycles. The van der Waals surface area contributed by atoms with Gasteiger partial charge in [0.05, 0.1) is 13.2 Å². The minimum Gasteiger partial charge on any atom is -0.350 e. The van der Waals surface area contributed by atoms with Crippen molar-refractivity contribution >= 4 is 0 Å². The van der Waals surface area contributed by atoms with Crippen LogP contribution in [0.4, 0.5) is 0 Å². The predicted molar refractivity (Wildman–Crippen MR) is 46.9 cm³/mol. The van der Waals surface area contributed by atoms with E-state index in [0.29, 0.717) is 0 Å². The minimum atomic E-state index is 0.132. The standard InChI is InChI=1S/C10H18O2/c1-2-4-9(5-3-1)8-10-11-6-7-12-10/h9-10H,1-8H2. The summed E-state index contributed by atoms with van der Waals surface area (Å²) >= 11 is 0. The maximum Gasteiger partial charge on any atom is 0.158 e. The molecule has 1 aliphatic heterocycles. The molecule has 2 nitrogen and oxygen atoms in total. The highest BCUT2D eigenvalue weighted by Crippen LogP contribution is 2.29. The smallest absolute Gasteiger partial charge is 0.158 e. The van der Waals surface area contributed by atoms with E-state index in [2.05, 4.69) is 0 Å². The van der Waals surface area contributed by atoms with Crippen molar-refractivity contribution < 1.29 is 9.47 Å². The third kappa shape index (κ3) is 2.20. The molecule has 12 heavy (non-hydrogen) atoms. The topological polar surface area (TPSA) is 18.5 Å². The molecule has 70 valence electrons. The van der Waals surface area contributed by atoms with Gasteiger partial charge >= 0.3 is 0 Å². The van der Waals surface area contributed by atoms with Gasteiger partial charge in [0.25, 0.3) is 0 Å². The molecular formula is C10H18O2. The summed E-state index contributed by atoms with van der Waals surface area (Å²) in [6, 6.07) is 0. The summed E-state index contributed by atoms with van der Waals surface area (Å²) in [5.41, 5.74) is 0. The Hall–Kier alpha value is -0.0800. The molecule has 0 N–H and O–H groups in total. The monoisotopic (exact) mass is 170 g/mol. The first kappa shape index (κ1) is 8.52. The van der Waals surface area contributed by atoms with Crippen LogP contribution in [0, 0.1) is 5.92 Å². The molecule has 0 amide bonds. The molecule has 0 aromatic heterocycles. The van der Waals surface area contributed by atoms with Gasteiger partial charge in [-0.3, -0.25) is 0 Å². The summed E-state index contributed by atoms with van der Waals surface area (Å²) < 4.78 is 10.9. The second-order valence-corrected chi connectivity index (χ2v) is 3.91. The number of ether oxygens (including phenoxy) is 2. The Kier molecular flexibility index (Phi) is 3.01. The summed E-state index contributed by atoms with van der Waals surface area (Å²) in [5.74, 6) is 0.877. The first-order valence-corrected chi connectivity index (χ1v) is 5.18. The van der Waals surface area contributed by atoms with Gasteiger partial charge in [-0.25, -0.2) is 0 Å². The number of hydrogen-bond acceptors (Lipinski definition) is 2. The molecule has 0 aromatic carbocycles. The summed E-state index contributed by atoms with van der Waals surface area (Å²) in [4.78, 5) is 0. The van der Waals surface area contributed by atoms with Crippen molar-refractivity contribution in [3.8, 4) is 0 Å². The number of hydrogen-bond donors (Lipinski definition) is 0. The Morgan fingerprint density at radius 2 is 1.58 bits per heavy atom. The van der Waals surface area contributed by atoms with E-state index in [0.717, 1.165) is 25.6 Å². The third-order valence-corrected chi connectivity index (χ3v) is 2.94. The molecule has 0 radical (unpaired) electrons. The lowest BCUT2D eigenvalue weighted by atomic mass is 9.87. The Morgan fingerprint density at radius 3 is 2.25 bits per heavy atom. The van der Waals surface area contributed by atoms with Crippen LogP contribution in [-0.4, -0.2) is 19.5 Å². The van der Waals surface area contributed by atoms with Crippen LogP contribution in [0.25, 0.3) is 0 Å². The van der Waals surface area contributed by atoms with Crippen LogP contribution < -0.4 is 0 Å². The van der Waals surface area contributed by atoms with Gasteiger partial charge in [-0.05, 0) is 5.92 Å². The fourth-order valence-corrected chi connectivity index (χ4v) is 2.24. The molecule has 0 aromatic rings. The van der Waals surface area contributed by atoms with Crippen molar-refractivity contribution in [1.82, 2.24) is 0 Å². The first-order valence-electron chi connectivity index (χ1n) is 5.18. The van der Waals surface area contributed by atoms with Crippen molar-refractivity contribution in [3.63, 3.8) is 0 Å². The summed E-state index contributed by atoms with van der Waals surface area (Å²) in [7, 11) is 0. The maximum atomic E-state index is 5.43. The normalized spacial score (nSPS) is 28.0. The maximum absolute atomic E-state index is 5.43. The van der Waals surface area contributed by atoms with E-state index in [1.54, 1.807) is 0 Å². The molecule has 0 spiro atoms. The molecule has 2 aliphatic rings. The van der Waals surface area contributed by atoms with E-state index in [1.807, 2.05) is 0 Å². The molecule has 1 saturated heterocycles. The Balaban J connectivity index is 1.69. The van der Waals surface area contributed by atoms with E-state index >= 15 is 0 Å². The molecule has 1 aliphatic carbocycles. The van der Waals surface area contributed by atoms with Crippen LogP contribution >= 0.6 is 0 Å². The average molecular weight is 170 g/mol. The largest absolute Gasteiger partial charge is 0.350 e.